The molecule has 2 aromatic heterocycles. The first-order valence-corrected chi connectivity index (χ1v) is 9.76. The topological polar surface area (TPSA) is 87.3 Å². The van der Waals surface area contributed by atoms with Crippen molar-refractivity contribution in [3.05, 3.63) is 58.6 Å². The molecule has 0 saturated carbocycles. The lowest BCUT2D eigenvalue weighted by molar-refractivity contribution is -0.153. The summed E-state index contributed by atoms with van der Waals surface area (Å²) in [4.78, 5) is 35.1. The number of benzene rings is 1. The molecule has 0 radical (unpaired) electrons. The standard InChI is InChI=1S/C21H20ClFN4O3/c1-12-5-14-8-17(11-24-18(14)26-12)27-4-3-21(30-2,20(27)29)19(28)25-10-13-6-15(22)9-16(23)7-13/h5-9,11H,3-4,10H2,1-2H3,(H,24,26)(H,25,28)/t21-/m0/s1. The van der Waals surface area contributed by atoms with Crippen LogP contribution in [0.1, 0.15) is 17.7 Å². The fourth-order valence-electron chi connectivity index (χ4n) is 3.76. The van der Waals surface area contributed by atoms with Crippen molar-refractivity contribution in [2.45, 2.75) is 25.5 Å². The number of ether oxygens (including phenoxy) is 1. The Morgan fingerprint density at radius 2 is 2.17 bits per heavy atom. The second kappa shape index (κ2) is 7.70. The van der Waals surface area contributed by atoms with Gasteiger partial charge in [-0.1, -0.05) is 11.6 Å². The lowest BCUT2D eigenvalue weighted by Gasteiger charge is -2.25. The number of fused-ring (bicyclic) bond motifs is 1. The molecule has 0 bridgehead atoms. The average Bonchev–Trinajstić information content (AvgIpc) is 3.24. The van der Waals surface area contributed by atoms with Crippen molar-refractivity contribution in [3.63, 3.8) is 0 Å². The molecular formula is C21H20ClFN4O3. The van der Waals surface area contributed by atoms with Gasteiger partial charge in [-0.05, 0) is 42.8 Å². The molecule has 1 fully saturated rings. The van der Waals surface area contributed by atoms with E-state index in [1.54, 1.807) is 12.3 Å². The van der Waals surface area contributed by atoms with Gasteiger partial charge < -0.3 is 19.9 Å². The molecular weight excluding hydrogens is 411 g/mol. The van der Waals surface area contributed by atoms with Gasteiger partial charge in [-0.2, -0.15) is 0 Å². The SMILES string of the molecule is CO[C@]1(C(=O)NCc2cc(F)cc(Cl)c2)CCN(c2cnc3[nH]c(C)cc3c2)C1=O. The average molecular weight is 431 g/mol. The number of halogens is 2. The Hall–Kier alpha value is -2.97. The van der Waals surface area contributed by atoms with Gasteiger partial charge in [0.1, 0.15) is 11.5 Å². The first-order valence-electron chi connectivity index (χ1n) is 9.38. The number of rotatable bonds is 5. The molecule has 156 valence electrons. The maximum absolute atomic E-state index is 13.5. The third-order valence-corrected chi connectivity index (χ3v) is 5.49. The summed E-state index contributed by atoms with van der Waals surface area (Å²) in [5.74, 6) is -1.54. The molecule has 1 saturated heterocycles. The van der Waals surface area contributed by atoms with Crippen molar-refractivity contribution < 1.29 is 18.7 Å². The number of anilines is 1. The second-order valence-corrected chi connectivity index (χ2v) is 7.72. The predicted octanol–water partition coefficient (Wildman–Crippen LogP) is 3.10. The largest absolute Gasteiger partial charge is 0.359 e. The number of H-pyrrole nitrogens is 1. The number of aryl methyl sites for hydroxylation is 1. The number of carbonyl (C=O) groups is 2. The van der Waals surface area contributed by atoms with Gasteiger partial charge in [-0.15, -0.1) is 0 Å². The highest BCUT2D eigenvalue weighted by molar-refractivity contribution is 6.30. The molecule has 3 aromatic rings. The lowest BCUT2D eigenvalue weighted by Crippen LogP contribution is -2.53. The Morgan fingerprint density at radius 1 is 1.37 bits per heavy atom. The number of methoxy groups -OCH3 is 1. The number of carbonyl (C=O) groups excluding carboxylic acids is 2. The van der Waals surface area contributed by atoms with E-state index < -0.39 is 23.2 Å². The molecule has 4 rings (SSSR count). The van der Waals surface area contributed by atoms with Crippen LogP contribution < -0.4 is 10.2 Å². The number of aromatic amines is 1. The van der Waals surface area contributed by atoms with Gasteiger partial charge in [0.15, 0.2) is 0 Å². The van der Waals surface area contributed by atoms with Crippen LogP contribution >= 0.6 is 11.6 Å². The summed E-state index contributed by atoms with van der Waals surface area (Å²) < 4.78 is 18.9. The van der Waals surface area contributed by atoms with Gasteiger partial charge >= 0.3 is 0 Å². The van der Waals surface area contributed by atoms with Crippen molar-refractivity contribution in [2.75, 3.05) is 18.6 Å². The zero-order valence-corrected chi connectivity index (χ0v) is 17.2. The summed E-state index contributed by atoms with van der Waals surface area (Å²) >= 11 is 5.85. The molecule has 0 aliphatic carbocycles. The summed E-state index contributed by atoms with van der Waals surface area (Å²) in [7, 11) is 1.33. The molecule has 7 nitrogen and oxygen atoms in total. The molecule has 1 atom stereocenters. The zero-order valence-electron chi connectivity index (χ0n) is 16.5. The Morgan fingerprint density at radius 3 is 2.90 bits per heavy atom. The second-order valence-electron chi connectivity index (χ2n) is 7.28. The zero-order chi connectivity index (χ0) is 21.5. The minimum Gasteiger partial charge on any atom is -0.359 e. The maximum Gasteiger partial charge on any atom is 0.269 e. The van der Waals surface area contributed by atoms with E-state index in [0.29, 0.717) is 17.8 Å². The molecule has 1 aromatic carbocycles. The van der Waals surface area contributed by atoms with Crippen molar-refractivity contribution in [1.29, 1.82) is 0 Å². The number of nitrogens with zero attached hydrogens (tertiary/aromatic N) is 2. The summed E-state index contributed by atoms with van der Waals surface area (Å²) in [6.07, 6.45) is 1.77. The molecule has 3 heterocycles. The first-order chi connectivity index (χ1) is 14.3. The first kappa shape index (κ1) is 20.3. The smallest absolute Gasteiger partial charge is 0.269 e. The molecule has 0 spiro atoms. The van der Waals surface area contributed by atoms with Gasteiger partial charge in [0.2, 0.25) is 5.60 Å². The van der Waals surface area contributed by atoms with E-state index in [9.17, 15) is 14.0 Å². The Balaban J connectivity index is 1.54. The number of hydrogen-bond donors (Lipinski definition) is 2. The van der Waals surface area contributed by atoms with Gasteiger partial charge in [0.25, 0.3) is 11.8 Å². The molecule has 0 unspecified atom stereocenters. The van der Waals surface area contributed by atoms with Crippen LogP contribution in [0.4, 0.5) is 10.1 Å². The van der Waals surface area contributed by atoms with E-state index in [2.05, 4.69) is 15.3 Å². The molecule has 2 N–H and O–H groups in total. The van der Waals surface area contributed by atoms with Crippen LogP contribution in [0, 0.1) is 12.7 Å². The Labute approximate surface area is 177 Å². The van der Waals surface area contributed by atoms with Gasteiger partial charge in [0, 0.05) is 42.7 Å². The van der Waals surface area contributed by atoms with Crippen molar-refractivity contribution in [1.82, 2.24) is 15.3 Å². The van der Waals surface area contributed by atoms with E-state index in [1.807, 2.05) is 19.1 Å². The molecule has 30 heavy (non-hydrogen) atoms. The highest BCUT2D eigenvalue weighted by atomic mass is 35.5. The van der Waals surface area contributed by atoms with E-state index in [-0.39, 0.29) is 18.0 Å². The van der Waals surface area contributed by atoms with Crippen molar-refractivity contribution in [2.24, 2.45) is 0 Å². The Kier molecular flexibility index (Phi) is 5.21. The molecule has 1 aliphatic rings. The quantitative estimate of drug-likeness (QED) is 0.609. The normalized spacial score (nSPS) is 18.9. The fraction of sp³-hybridized carbons (Fsp3) is 0.286. The monoisotopic (exact) mass is 430 g/mol. The Bertz CT molecular complexity index is 1130. The minimum atomic E-state index is -1.65. The van der Waals surface area contributed by atoms with Gasteiger partial charge in [-0.25, -0.2) is 9.37 Å². The summed E-state index contributed by atoms with van der Waals surface area (Å²) in [5, 5.41) is 3.77. The lowest BCUT2D eigenvalue weighted by atomic mass is 10.0. The van der Waals surface area contributed by atoms with E-state index >= 15 is 0 Å². The number of nitrogens with one attached hydrogen (secondary N) is 2. The number of aromatic nitrogens is 2. The van der Waals surface area contributed by atoms with E-state index in [1.165, 1.54) is 24.1 Å². The summed E-state index contributed by atoms with van der Waals surface area (Å²) in [5.41, 5.74) is 1.12. The highest BCUT2D eigenvalue weighted by Crippen LogP contribution is 2.32. The van der Waals surface area contributed by atoms with E-state index in [4.69, 9.17) is 16.3 Å². The van der Waals surface area contributed by atoms with Crippen LogP contribution in [0.15, 0.2) is 36.5 Å². The van der Waals surface area contributed by atoms with Crippen LogP contribution in [0.2, 0.25) is 5.02 Å². The van der Waals surface area contributed by atoms with Gasteiger partial charge in [-0.3, -0.25) is 9.59 Å². The van der Waals surface area contributed by atoms with Gasteiger partial charge in [0.05, 0.1) is 11.9 Å². The maximum atomic E-state index is 13.5. The van der Waals surface area contributed by atoms with Crippen LogP contribution in [0.5, 0.6) is 0 Å². The third-order valence-electron chi connectivity index (χ3n) is 5.27. The van der Waals surface area contributed by atoms with Crippen molar-refractivity contribution >= 4 is 40.1 Å². The number of hydrogen-bond acceptors (Lipinski definition) is 4. The highest BCUT2D eigenvalue weighted by Gasteiger charge is 2.53. The molecule has 1 aliphatic heterocycles. The fourth-order valence-corrected chi connectivity index (χ4v) is 4.01. The van der Waals surface area contributed by atoms with E-state index in [0.717, 1.165) is 16.7 Å². The minimum absolute atomic E-state index is 0.0187. The third kappa shape index (κ3) is 3.53. The van der Waals surface area contributed by atoms with Crippen LogP contribution in [-0.2, 0) is 20.9 Å². The van der Waals surface area contributed by atoms with Crippen LogP contribution in [0.3, 0.4) is 0 Å². The van der Waals surface area contributed by atoms with Crippen LogP contribution in [-0.4, -0.2) is 41.0 Å². The molecule has 9 heteroatoms. The molecule has 2 amide bonds. The summed E-state index contributed by atoms with van der Waals surface area (Å²) in [6, 6.07) is 7.79. The summed E-state index contributed by atoms with van der Waals surface area (Å²) in [6.45, 7) is 2.25. The van der Waals surface area contributed by atoms with Crippen LogP contribution in [0.25, 0.3) is 11.0 Å². The predicted molar refractivity (Wildman–Crippen MR) is 111 cm³/mol. The van der Waals surface area contributed by atoms with Crippen molar-refractivity contribution in [3.8, 4) is 0 Å². The number of amides is 2. The number of pyridine rings is 1.